The highest BCUT2D eigenvalue weighted by Gasteiger charge is 1.87. The van der Waals surface area contributed by atoms with Crippen LogP contribution in [0.5, 0.6) is 0 Å². The van der Waals surface area contributed by atoms with Crippen molar-refractivity contribution in [2.45, 2.75) is 6.42 Å². The summed E-state index contributed by atoms with van der Waals surface area (Å²) in [6.45, 7) is 0.497. The molecule has 1 aromatic heterocycles. The van der Waals surface area contributed by atoms with Crippen molar-refractivity contribution in [1.82, 2.24) is 4.98 Å². The van der Waals surface area contributed by atoms with Crippen LogP contribution in [0.3, 0.4) is 0 Å². The first-order chi connectivity index (χ1) is 6.83. The van der Waals surface area contributed by atoms with Crippen LogP contribution < -0.4 is 0 Å². The summed E-state index contributed by atoms with van der Waals surface area (Å²) in [4.78, 5) is 6.74. The van der Waals surface area contributed by atoms with E-state index in [4.69, 9.17) is 5.53 Å². The third-order valence-corrected chi connectivity index (χ3v) is 1.99. The minimum absolute atomic E-state index is 0.497. The molecule has 0 unspecified atom stereocenters. The molecule has 0 bridgehead atoms. The molecule has 0 fully saturated rings. The van der Waals surface area contributed by atoms with Gasteiger partial charge in [-0.2, -0.15) is 0 Å². The quantitative estimate of drug-likeness (QED) is 0.266. The maximum absolute atomic E-state index is 8.03. The zero-order valence-electron chi connectivity index (χ0n) is 7.47. The van der Waals surface area contributed by atoms with E-state index < -0.39 is 0 Å². The molecule has 0 saturated heterocycles. The predicted octanol–water partition coefficient (Wildman–Crippen LogP) is 3.56. The van der Waals surface area contributed by atoms with Gasteiger partial charge in [0, 0.05) is 17.7 Å². The van der Waals surface area contributed by atoms with Crippen LogP contribution in [0, 0.1) is 0 Å². The molecular formula is C9H9BrN4. The van der Waals surface area contributed by atoms with Crippen molar-refractivity contribution in [3.8, 4) is 0 Å². The number of azide groups is 1. The molecule has 1 aromatic rings. The number of nitrogens with zero attached hydrogens (tertiary/aromatic N) is 4. The van der Waals surface area contributed by atoms with Crippen molar-refractivity contribution >= 4 is 22.0 Å². The molecule has 5 heteroatoms. The van der Waals surface area contributed by atoms with Crippen LogP contribution >= 0.6 is 15.9 Å². The molecule has 1 rings (SSSR count). The smallest absolute Gasteiger partial charge is 0.106 e. The summed E-state index contributed by atoms with van der Waals surface area (Å²) in [6, 6.07) is 3.84. The number of rotatable bonds is 4. The molecule has 0 amide bonds. The largest absolute Gasteiger partial charge is 0.249 e. The standard InChI is InChI=1S/C9H9BrN4/c10-9-5-4-8(7-12-9)3-1-2-6-13-14-11/h1,3-5,7H,2,6H2. The first-order valence-corrected chi connectivity index (χ1v) is 4.91. The zero-order chi connectivity index (χ0) is 10.2. The second kappa shape index (κ2) is 6.18. The maximum Gasteiger partial charge on any atom is 0.106 e. The Morgan fingerprint density at radius 2 is 2.43 bits per heavy atom. The third-order valence-electron chi connectivity index (χ3n) is 1.52. The average molecular weight is 253 g/mol. The first-order valence-electron chi connectivity index (χ1n) is 4.12. The van der Waals surface area contributed by atoms with E-state index >= 15 is 0 Å². The van der Waals surface area contributed by atoms with E-state index in [1.165, 1.54) is 0 Å². The number of halogens is 1. The van der Waals surface area contributed by atoms with E-state index in [0.717, 1.165) is 16.6 Å². The third kappa shape index (κ3) is 4.07. The molecule has 0 aliphatic carbocycles. The molecule has 0 N–H and O–H groups in total. The lowest BCUT2D eigenvalue weighted by molar-refractivity contribution is 0.995. The highest BCUT2D eigenvalue weighted by atomic mass is 79.9. The van der Waals surface area contributed by atoms with E-state index in [9.17, 15) is 0 Å². The highest BCUT2D eigenvalue weighted by molar-refractivity contribution is 9.10. The minimum atomic E-state index is 0.497. The van der Waals surface area contributed by atoms with E-state index in [-0.39, 0.29) is 0 Å². The Morgan fingerprint density at radius 1 is 1.57 bits per heavy atom. The van der Waals surface area contributed by atoms with Crippen LogP contribution in [0.15, 0.2) is 34.1 Å². The molecule has 1 heterocycles. The zero-order valence-corrected chi connectivity index (χ0v) is 9.05. The maximum atomic E-state index is 8.03. The van der Waals surface area contributed by atoms with Gasteiger partial charge in [0.15, 0.2) is 0 Å². The Hall–Kier alpha value is -1.32. The van der Waals surface area contributed by atoms with Gasteiger partial charge < -0.3 is 0 Å². The molecule has 0 aliphatic heterocycles. The van der Waals surface area contributed by atoms with Crippen molar-refractivity contribution < 1.29 is 0 Å². The Bertz CT molecular complexity index is 352. The molecule has 0 aliphatic rings. The molecule has 0 atom stereocenters. The van der Waals surface area contributed by atoms with Crippen LogP contribution in [-0.2, 0) is 0 Å². The predicted molar refractivity (Wildman–Crippen MR) is 59.6 cm³/mol. The fraction of sp³-hybridized carbons (Fsp3) is 0.222. The van der Waals surface area contributed by atoms with Gasteiger partial charge in [-0.15, -0.1) is 0 Å². The van der Waals surface area contributed by atoms with Crippen LogP contribution in [0.1, 0.15) is 12.0 Å². The molecule has 14 heavy (non-hydrogen) atoms. The Labute approximate surface area is 90.4 Å². The number of hydrogen-bond acceptors (Lipinski definition) is 2. The fourth-order valence-corrected chi connectivity index (χ4v) is 1.12. The van der Waals surface area contributed by atoms with E-state index in [0.29, 0.717) is 6.54 Å². The van der Waals surface area contributed by atoms with E-state index in [1.807, 2.05) is 24.3 Å². The lowest BCUT2D eigenvalue weighted by Gasteiger charge is -1.92. The number of hydrogen-bond donors (Lipinski definition) is 0. The van der Waals surface area contributed by atoms with Gasteiger partial charge in [-0.3, -0.25) is 0 Å². The van der Waals surface area contributed by atoms with Gasteiger partial charge in [0.25, 0.3) is 0 Å². The topological polar surface area (TPSA) is 61.7 Å². The van der Waals surface area contributed by atoms with Gasteiger partial charge in [0.1, 0.15) is 4.60 Å². The summed E-state index contributed by atoms with van der Waals surface area (Å²) in [5.74, 6) is 0. The average Bonchev–Trinajstić information content (AvgIpc) is 2.21. The molecule has 4 nitrogen and oxygen atoms in total. The molecule has 0 saturated carbocycles. The summed E-state index contributed by atoms with van der Waals surface area (Å²) in [7, 11) is 0. The van der Waals surface area contributed by atoms with Gasteiger partial charge in [-0.25, -0.2) is 4.98 Å². The van der Waals surface area contributed by atoms with Gasteiger partial charge >= 0.3 is 0 Å². The van der Waals surface area contributed by atoms with Gasteiger partial charge in [-0.05, 0) is 39.5 Å². The van der Waals surface area contributed by atoms with Crippen LogP contribution in [-0.4, -0.2) is 11.5 Å². The fourth-order valence-electron chi connectivity index (χ4n) is 0.882. The van der Waals surface area contributed by atoms with Crippen molar-refractivity contribution in [2.24, 2.45) is 5.11 Å². The lowest BCUT2D eigenvalue weighted by atomic mass is 10.2. The van der Waals surface area contributed by atoms with E-state index in [2.05, 4.69) is 30.9 Å². The highest BCUT2D eigenvalue weighted by Crippen LogP contribution is 2.07. The Morgan fingerprint density at radius 3 is 3.07 bits per heavy atom. The second-order valence-corrected chi connectivity index (χ2v) is 3.37. The Balaban J connectivity index is 2.43. The molecule has 0 aromatic carbocycles. The SMILES string of the molecule is [N-]=[N+]=NCCC=Cc1ccc(Br)nc1. The van der Waals surface area contributed by atoms with Gasteiger partial charge in [0.05, 0.1) is 0 Å². The molecule has 72 valence electrons. The summed E-state index contributed by atoms with van der Waals surface area (Å²) in [6.07, 6.45) is 6.43. The number of aromatic nitrogens is 1. The van der Waals surface area contributed by atoms with Crippen LogP contribution in [0.25, 0.3) is 16.5 Å². The van der Waals surface area contributed by atoms with Crippen LogP contribution in [0.4, 0.5) is 0 Å². The number of pyridine rings is 1. The van der Waals surface area contributed by atoms with Crippen molar-refractivity contribution in [3.63, 3.8) is 0 Å². The molecular weight excluding hydrogens is 244 g/mol. The molecule has 0 spiro atoms. The van der Waals surface area contributed by atoms with E-state index in [1.54, 1.807) is 6.20 Å². The van der Waals surface area contributed by atoms with Crippen molar-refractivity contribution in [3.05, 3.63) is 45.0 Å². The summed E-state index contributed by atoms with van der Waals surface area (Å²) < 4.78 is 0.823. The summed E-state index contributed by atoms with van der Waals surface area (Å²) in [5, 5.41) is 3.42. The first kappa shape index (κ1) is 10.8. The van der Waals surface area contributed by atoms with Crippen LogP contribution in [0.2, 0.25) is 0 Å². The Kier molecular flexibility index (Phi) is 4.75. The second-order valence-electron chi connectivity index (χ2n) is 2.56. The monoisotopic (exact) mass is 252 g/mol. The van der Waals surface area contributed by atoms with Crippen molar-refractivity contribution in [2.75, 3.05) is 6.54 Å². The van der Waals surface area contributed by atoms with Gasteiger partial charge in [-0.1, -0.05) is 23.3 Å². The minimum Gasteiger partial charge on any atom is -0.249 e. The summed E-state index contributed by atoms with van der Waals surface area (Å²) >= 11 is 3.26. The van der Waals surface area contributed by atoms with Crippen molar-refractivity contribution in [1.29, 1.82) is 0 Å². The van der Waals surface area contributed by atoms with Gasteiger partial charge in [0.2, 0.25) is 0 Å². The molecule has 0 radical (unpaired) electrons. The summed E-state index contributed by atoms with van der Waals surface area (Å²) in [5.41, 5.74) is 9.07. The lowest BCUT2D eigenvalue weighted by Crippen LogP contribution is -1.77. The normalized spacial score (nSPS) is 10.1.